The minimum Gasteiger partial charge on any atom is -2.00 e. The summed E-state index contributed by atoms with van der Waals surface area (Å²) >= 11 is 0. The standard InChI is InChI=1S/2Al.FH.3O/h;;1H;;;/q2*+3;;3*-2. The maximum Gasteiger partial charge on any atom is 3.00 e. The number of rotatable bonds is 0. The maximum atomic E-state index is 0. The quantitative estimate of drug-likeness (QED) is 0.370. The van der Waals surface area contributed by atoms with Crippen LogP contribution in [0.1, 0.15) is 0 Å². The molecule has 0 radical (unpaired) electrons. The molecule has 0 heterocycles. The largest absolute Gasteiger partial charge is 3.00 e. The Kier molecular flexibility index (Phi) is 9420. The van der Waals surface area contributed by atoms with Crippen molar-refractivity contribution in [1.29, 1.82) is 0 Å². The Bertz CT molecular complexity index is 8.75. The second kappa shape index (κ2) is 182. The van der Waals surface area contributed by atoms with Gasteiger partial charge in [0.2, 0.25) is 0 Å². The van der Waals surface area contributed by atoms with E-state index in [4.69, 9.17) is 0 Å². The first-order chi connectivity index (χ1) is 0. The zero-order chi connectivity index (χ0) is 0. The fourth-order valence-corrected chi connectivity index (χ4v) is 0. The topological polar surface area (TPSA) is 85.5 Å². The van der Waals surface area contributed by atoms with Crippen molar-refractivity contribution in [2.24, 2.45) is 0 Å². The van der Waals surface area contributed by atoms with Crippen LogP contribution in [0.3, 0.4) is 0 Å². The molecule has 0 amide bonds. The summed E-state index contributed by atoms with van der Waals surface area (Å²) in [5.41, 5.74) is 0. The summed E-state index contributed by atoms with van der Waals surface area (Å²) in [6.45, 7) is 0. The molecule has 6 heavy (non-hydrogen) atoms. The van der Waals surface area contributed by atoms with E-state index >= 15 is 0 Å². The zero-order valence-electron chi connectivity index (χ0n) is 2.79. The van der Waals surface area contributed by atoms with Crippen molar-refractivity contribution in [3.05, 3.63) is 0 Å². The zero-order valence-corrected chi connectivity index (χ0v) is 5.10. The van der Waals surface area contributed by atoms with Crippen LogP contribution in [-0.2, 0) is 16.4 Å². The van der Waals surface area contributed by atoms with E-state index in [1.165, 1.54) is 0 Å². The molecule has 3 nitrogen and oxygen atoms in total. The molecule has 0 aromatic carbocycles. The molecule has 0 aromatic rings. The monoisotopic (exact) mass is 122 g/mol. The van der Waals surface area contributed by atoms with Gasteiger partial charge in [0.25, 0.3) is 0 Å². The molecule has 0 spiro atoms. The van der Waals surface area contributed by atoms with Crippen LogP contribution in [0.4, 0.5) is 4.70 Å². The van der Waals surface area contributed by atoms with E-state index in [0.29, 0.717) is 0 Å². The van der Waals surface area contributed by atoms with E-state index in [2.05, 4.69) is 0 Å². The molecule has 0 N–H and O–H groups in total. The van der Waals surface area contributed by atoms with Gasteiger partial charge in [-0.3, -0.25) is 4.70 Å². The minimum absolute atomic E-state index is 0. The molecule has 32 valence electrons. The summed E-state index contributed by atoms with van der Waals surface area (Å²) in [5.74, 6) is 0. The van der Waals surface area contributed by atoms with E-state index in [9.17, 15) is 0 Å². The van der Waals surface area contributed by atoms with Gasteiger partial charge in [0, 0.05) is 0 Å². The van der Waals surface area contributed by atoms with E-state index in [0.717, 1.165) is 0 Å². The fraction of sp³-hybridized carbons (Fsp3) is 0. The average molecular weight is 122 g/mol. The summed E-state index contributed by atoms with van der Waals surface area (Å²) in [7, 11) is 0. The summed E-state index contributed by atoms with van der Waals surface area (Å²) in [5, 5.41) is 0. The third-order valence-corrected chi connectivity index (χ3v) is 0. The third-order valence-electron chi connectivity index (χ3n) is 0. The molecule has 0 bridgehead atoms. The van der Waals surface area contributed by atoms with Crippen LogP contribution < -0.4 is 0 Å². The molecule has 0 fully saturated rings. The van der Waals surface area contributed by atoms with Crippen molar-refractivity contribution in [3.8, 4) is 0 Å². The molecule has 6 heteroatoms. The van der Waals surface area contributed by atoms with Crippen LogP contribution in [0.2, 0.25) is 0 Å². The Morgan fingerprint density at radius 1 is 0.500 bits per heavy atom. The van der Waals surface area contributed by atoms with Crippen LogP contribution in [0.15, 0.2) is 0 Å². The van der Waals surface area contributed by atoms with Gasteiger partial charge in [-0.05, 0) is 0 Å². The third kappa shape index (κ3) is 95.6. The smallest absolute Gasteiger partial charge is 2.00 e. The molecule has 0 aliphatic rings. The Hall–Kier alpha value is 0.875. The van der Waals surface area contributed by atoms with Crippen molar-refractivity contribution in [3.63, 3.8) is 0 Å². The van der Waals surface area contributed by atoms with Gasteiger partial charge < -0.3 is 16.4 Å². The van der Waals surface area contributed by atoms with Gasteiger partial charge in [0.1, 0.15) is 0 Å². The van der Waals surface area contributed by atoms with Crippen LogP contribution in [0.5, 0.6) is 0 Å². The fourth-order valence-electron chi connectivity index (χ4n) is 0. The number of hydrogen-bond donors (Lipinski definition) is 0. The number of halogens is 1. The summed E-state index contributed by atoms with van der Waals surface area (Å²) < 4.78 is 0. The normalized spacial score (nSPS) is 0. The molecule has 0 aromatic heterocycles. The molecule has 0 rings (SSSR count). The van der Waals surface area contributed by atoms with Crippen molar-refractivity contribution >= 4 is 34.7 Å². The molecular weight excluding hydrogens is 121 g/mol. The average Bonchev–Trinajstić information content (AvgIpc) is 0. The van der Waals surface area contributed by atoms with E-state index in [-0.39, 0.29) is 55.9 Å². The predicted octanol–water partition coefficient (Wildman–Crippen LogP) is -0.966. The van der Waals surface area contributed by atoms with Crippen molar-refractivity contribution in [2.45, 2.75) is 0 Å². The van der Waals surface area contributed by atoms with Crippen LogP contribution >= 0.6 is 0 Å². The first-order valence-electron chi connectivity index (χ1n) is 0. The molecule has 0 atom stereocenters. The van der Waals surface area contributed by atoms with Gasteiger partial charge in [0.15, 0.2) is 0 Å². The van der Waals surface area contributed by atoms with Gasteiger partial charge in [-0.2, -0.15) is 0 Å². The molecular formula is HAl2FO3. The Labute approximate surface area is 56.3 Å². The second-order valence-electron chi connectivity index (χ2n) is 0. The van der Waals surface area contributed by atoms with E-state index in [1.54, 1.807) is 0 Å². The van der Waals surface area contributed by atoms with Gasteiger partial charge in [-0.15, -0.1) is 0 Å². The minimum atomic E-state index is 0. The molecule has 0 unspecified atom stereocenters. The van der Waals surface area contributed by atoms with E-state index in [1.807, 2.05) is 0 Å². The van der Waals surface area contributed by atoms with Gasteiger partial charge in [-0.25, -0.2) is 0 Å². The number of hydrogen-bond acceptors (Lipinski definition) is 0. The van der Waals surface area contributed by atoms with Crippen molar-refractivity contribution in [1.82, 2.24) is 0 Å². The Morgan fingerprint density at radius 3 is 0.500 bits per heavy atom. The summed E-state index contributed by atoms with van der Waals surface area (Å²) in [6, 6.07) is 0. The van der Waals surface area contributed by atoms with Gasteiger partial charge in [-0.1, -0.05) is 0 Å². The summed E-state index contributed by atoms with van der Waals surface area (Å²) in [4.78, 5) is 0. The SMILES string of the molecule is F.[Al+3].[Al+3].[O-2].[O-2].[O-2]. The Morgan fingerprint density at radius 2 is 0.500 bits per heavy atom. The van der Waals surface area contributed by atoms with Crippen LogP contribution in [0.25, 0.3) is 0 Å². The van der Waals surface area contributed by atoms with Crippen molar-refractivity contribution in [2.75, 3.05) is 0 Å². The molecule has 0 saturated heterocycles. The van der Waals surface area contributed by atoms with Gasteiger partial charge in [0.05, 0.1) is 0 Å². The molecule has 0 saturated carbocycles. The molecule has 0 aliphatic carbocycles. The first kappa shape index (κ1) is 310. The summed E-state index contributed by atoms with van der Waals surface area (Å²) in [6.07, 6.45) is 0. The van der Waals surface area contributed by atoms with Crippen LogP contribution in [0, 0.1) is 0 Å². The van der Waals surface area contributed by atoms with E-state index < -0.39 is 0 Å². The first-order valence-corrected chi connectivity index (χ1v) is 0. The second-order valence-corrected chi connectivity index (χ2v) is 0. The van der Waals surface area contributed by atoms with Crippen molar-refractivity contribution < 1.29 is 21.1 Å². The van der Waals surface area contributed by atoms with Crippen LogP contribution in [-0.4, -0.2) is 34.7 Å². The van der Waals surface area contributed by atoms with Gasteiger partial charge >= 0.3 is 34.7 Å². The molecule has 0 aliphatic heterocycles. The Balaban J connectivity index is 0. The predicted molar refractivity (Wildman–Crippen MR) is 16.1 cm³/mol. The maximum absolute atomic E-state index is 0.